The second-order valence-corrected chi connectivity index (χ2v) is 1.57. The Labute approximate surface area is 66.1 Å². The van der Waals surface area contributed by atoms with Crippen LogP contribution in [0.4, 0.5) is 0 Å². The van der Waals surface area contributed by atoms with Crippen LogP contribution in [0.25, 0.3) is 0 Å². The molecule has 0 aromatic heterocycles. The van der Waals surface area contributed by atoms with E-state index in [9.17, 15) is 9.59 Å². The highest BCUT2D eigenvalue weighted by atomic mass is 28.1. The Morgan fingerprint density at radius 2 is 1.09 bits per heavy atom. The van der Waals surface area contributed by atoms with Gasteiger partial charge in [0.1, 0.15) is 0 Å². The first kappa shape index (κ1) is 12.7. The Morgan fingerprint density at radius 3 is 1.18 bits per heavy atom. The van der Waals surface area contributed by atoms with Gasteiger partial charge in [-0.05, 0) is 0 Å². The van der Waals surface area contributed by atoms with Gasteiger partial charge in [-0.1, -0.05) is 0 Å². The zero-order chi connectivity index (χ0) is 8.31. The third-order valence-corrected chi connectivity index (χ3v) is 0.805. The molecule has 0 rings (SSSR count). The number of aliphatic hydroxyl groups excluding tert-OH is 2. The van der Waals surface area contributed by atoms with Crippen molar-refractivity contribution in [3.63, 3.8) is 0 Å². The molecule has 0 fully saturated rings. The molecular formula is C4H6O6Si. The minimum atomic E-state index is -2.27. The zero-order valence-electron chi connectivity index (χ0n) is 5.26. The van der Waals surface area contributed by atoms with Crippen LogP contribution in [0.3, 0.4) is 0 Å². The molecule has 6 nitrogen and oxygen atoms in total. The number of rotatable bonds is 3. The van der Waals surface area contributed by atoms with E-state index in [1.165, 1.54) is 0 Å². The lowest BCUT2D eigenvalue weighted by Crippen LogP contribution is -2.39. The van der Waals surface area contributed by atoms with Gasteiger partial charge < -0.3 is 20.4 Å². The molecule has 62 valence electrons. The van der Waals surface area contributed by atoms with Gasteiger partial charge in [-0.2, -0.15) is 0 Å². The van der Waals surface area contributed by atoms with E-state index in [2.05, 4.69) is 0 Å². The highest BCUT2D eigenvalue weighted by Crippen LogP contribution is 1.92. The van der Waals surface area contributed by atoms with Gasteiger partial charge >= 0.3 is 11.9 Å². The SMILES string of the molecule is O=C(O)C(O)C(O)C(=O)O.[Si]. The molecular weight excluding hydrogens is 172 g/mol. The largest absolute Gasteiger partial charge is 0.479 e. The van der Waals surface area contributed by atoms with Gasteiger partial charge in [0, 0.05) is 11.0 Å². The quantitative estimate of drug-likeness (QED) is 0.355. The molecule has 0 amide bonds. The van der Waals surface area contributed by atoms with Crippen molar-refractivity contribution in [1.29, 1.82) is 0 Å². The van der Waals surface area contributed by atoms with Crippen molar-refractivity contribution in [3.8, 4) is 0 Å². The Hall–Kier alpha value is -0.923. The van der Waals surface area contributed by atoms with Crippen molar-refractivity contribution in [2.45, 2.75) is 12.2 Å². The van der Waals surface area contributed by atoms with Crippen LogP contribution in [0.1, 0.15) is 0 Å². The molecule has 0 spiro atoms. The zero-order valence-corrected chi connectivity index (χ0v) is 6.26. The molecule has 0 saturated heterocycles. The maximum Gasteiger partial charge on any atom is 0.335 e. The maximum atomic E-state index is 9.77. The van der Waals surface area contributed by atoms with Crippen molar-refractivity contribution in [2.24, 2.45) is 0 Å². The minimum Gasteiger partial charge on any atom is -0.479 e. The van der Waals surface area contributed by atoms with Crippen LogP contribution >= 0.6 is 0 Å². The normalized spacial score (nSPS) is 14.4. The molecule has 0 aliphatic rings. The lowest BCUT2D eigenvalue weighted by Gasteiger charge is -2.07. The van der Waals surface area contributed by atoms with Crippen molar-refractivity contribution in [1.82, 2.24) is 0 Å². The van der Waals surface area contributed by atoms with Gasteiger partial charge in [-0.25, -0.2) is 9.59 Å². The Morgan fingerprint density at radius 1 is 0.909 bits per heavy atom. The van der Waals surface area contributed by atoms with E-state index < -0.39 is 24.1 Å². The van der Waals surface area contributed by atoms with Gasteiger partial charge in [0.15, 0.2) is 12.2 Å². The second-order valence-electron chi connectivity index (χ2n) is 1.57. The summed E-state index contributed by atoms with van der Waals surface area (Å²) in [5.41, 5.74) is 0. The predicted octanol–water partition coefficient (Wildman–Crippen LogP) is -2.50. The van der Waals surface area contributed by atoms with E-state index in [-0.39, 0.29) is 11.0 Å². The number of aliphatic carboxylic acids is 2. The molecule has 4 radical (unpaired) electrons. The molecule has 2 atom stereocenters. The van der Waals surface area contributed by atoms with E-state index >= 15 is 0 Å². The fourth-order valence-electron chi connectivity index (χ4n) is 0.270. The van der Waals surface area contributed by atoms with Gasteiger partial charge in [0.25, 0.3) is 0 Å². The molecule has 4 N–H and O–H groups in total. The van der Waals surface area contributed by atoms with Crippen LogP contribution < -0.4 is 0 Å². The number of carboxylic acids is 2. The molecule has 2 unspecified atom stereocenters. The minimum absolute atomic E-state index is 0. The Balaban J connectivity index is 0. The first-order valence-electron chi connectivity index (χ1n) is 2.28. The van der Waals surface area contributed by atoms with Crippen molar-refractivity contribution < 1.29 is 30.0 Å². The monoisotopic (exact) mass is 178 g/mol. The van der Waals surface area contributed by atoms with Gasteiger partial charge in [-0.3, -0.25) is 0 Å². The Kier molecular flexibility index (Phi) is 5.58. The highest BCUT2D eigenvalue weighted by molar-refractivity contribution is 5.83. The lowest BCUT2D eigenvalue weighted by atomic mass is 10.2. The highest BCUT2D eigenvalue weighted by Gasteiger charge is 2.29. The molecule has 0 aliphatic carbocycles. The predicted molar refractivity (Wildman–Crippen MR) is 33.0 cm³/mol. The topological polar surface area (TPSA) is 115 Å². The van der Waals surface area contributed by atoms with E-state index in [1.807, 2.05) is 0 Å². The van der Waals surface area contributed by atoms with Crippen LogP contribution in [0.2, 0.25) is 0 Å². The summed E-state index contributed by atoms with van der Waals surface area (Å²) in [5.74, 6) is -3.54. The van der Waals surface area contributed by atoms with E-state index in [0.29, 0.717) is 0 Å². The molecule has 0 heterocycles. The van der Waals surface area contributed by atoms with Crippen LogP contribution in [0.5, 0.6) is 0 Å². The van der Waals surface area contributed by atoms with E-state index in [4.69, 9.17) is 20.4 Å². The first-order valence-corrected chi connectivity index (χ1v) is 2.28. The lowest BCUT2D eigenvalue weighted by molar-refractivity contribution is -0.165. The third kappa shape index (κ3) is 3.70. The number of aliphatic hydroxyl groups is 2. The molecule has 0 aliphatic heterocycles. The number of carbonyl (C=O) groups is 2. The average molecular weight is 178 g/mol. The summed E-state index contributed by atoms with van der Waals surface area (Å²) in [7, 11) is 0. The second kappa shape index (κ2) is 4.83. The van der Waals surface area contributed by atoms with Gasteiger partial charge in [-0.15, -0.1) is 0 Å². The van der Waals surface area contributed by atoms with Crippen molar-refractivity contribution >= 4 is 22.9 Å². The number of hydrogen-bond acceptors (Lipinski definition) is 4. The fourth-order valence-corrected chi connectivity index (χ4v) is 0.270. The van der Waals surface area contributed by atoms with Crippen LogP contribution in [-0.2, 0) is 9.59 Å². The van der Waals surface area contributed by atoms with Crippen molar-refractivity contribution in [3.05, 3.63) is 0 Å². The average Bonchev–Trinajstić information content (AvgIpc) is 1.84. The van der Waals surface area contributed by atoms with Crippen molar-refractivity contribution in [2.75, 3.05) is 0 Å². The fraction of sp³-hybridized carbons (Fsp3) is 0.500. The molecule has 0 aromatic rings. The van der Waals surface area contributed by atoms with Gasteiger partial charge in [0.05, 0.1) is 0 Å². The summed E-state index contributed by atoms with van der Waals surface area (Å²) >= 11 is 0. The smallest absolute Gasteiger partial charge is 0.335 e. The molecule has 0 aromatic carbocycles. The maximum absolute atomic E-state index is 9.77. The molecule has 7 heteroatoms. The number of hydrogen-bond donors (Lipinski definition) is 4. The summed E-state index contributed by atoms with van der Waals surface area (Å²) in [4.78, 5) is 19.5. The molecule has 0 saturated carbocycles. The summed E-state index contributed by atoms with van der Waals surface area (Å²) < 4.78 is 0. The summed E-state index contributed by atoms with van der Waals surface area (Å²) in [6.07, 6.45) is -4.53. The summed E-state index contributed by atoms with van der Waals surface area (Å²) in [5, 5.41) is 32.5. The van der Waals surface area contributed by atoms with Crippen LogP contribution in [0.15, 0.2) is 0 Å². The summed E-state index contributed by atoms with van der Waals surface area (Å²) in [6.45, 7) is 0. The number of carboxylic acid groups (broad SMARTS) is 2. The van der Waals surface area contributed by atoms with Crippen LogP contribution in [-0.4, -0.2) is 55.5 Å². The van der Waals surface area contributed by atoms with E-state index in [1.54, 1.807) is 0 Å². The standard InChI is InChI=1S/C4H6O6.Si/c5-1(3(7)8)2(6)4(9)10;/h1-2,5-6H,(H,7,8)(H,9,10);. The summed E-state index contributed by atoms with van der Waals surface area (Å²) in [6, 6.07) is 0. The van der Waals surface area contributed by atoms with Crippen LogP contribution in [0, 0.1) is 0 Å². The first-order chi connectivity index (χ1) is 4.46. The molecule has 11 heavy (non-hydrogen) atoms. The Bertz CT molecular complexity index is 139. The third-order valence-electron chi connectivity index (χ3n) is 0.805. The molecule has 0 bridgehead atoms. The van der Waals surface area contributed by atoms with E-state index in [0.717, 1.165) is 0 Å². The van der Waals surface area contributed by atoms with Gasteiger partial charge in [0.2, 0.25) is 0 Å².